The first kappa shape index (κ1) is 20.0. The van der Waals surface area contributed by atoms with Crippen molar-refractivity contribution in [3.63, 3.8) is 0 Å². The maximum absolute atomic E-state index is 11.4. The number of para-hydroxylation sites is 1. The highest BCUT2D eigenvalue weighted by Gasteiger charge is 2.24. The van der Waals surface area contributed by atoms with Crippen molar-refractivity contribution < 1.29 is 17.7 Å². The van der Waals surface area contributed by atoms with Gasteiger partial charge in [-0.25, -0.2) is 0 Å². The second kappa shape index (κ2) is 11.5. The number of hydrogen-bond donors (Lipinski definition) is 1. The van der Waals surface area contributed by atoms with Crippen LogP contribution in [0.1, 0.15) is 71.1 Å². The number of hydrogen-bond acceptors (Lipinski definition) is 3. The van der Waals surface area contributed by atoms with E-state index in [1.807, 2.05) is 6.07 Å². The zero-order valence-corrected chi connectivity index (χ0v) is 14.9. The molecule has 0 aliphatic rings. The lowest BCUT2D eigenvalue weighted by molar-refractivity contribution is 0.242. The van der Waals surface area contributed by atoms with E-state index in [2.05, 4.69) is 6.92 Å². The molecule has 0 radical (unpaired) electrons. The van der Waals surface area contributed by atoms with Gasteiger partial charge in [0, 0.05) is 6.42 Å². The fourth-order valence-corrected chi connectivity index (χ4v) is 3.24. The molecule has 0 fully saturated rings. The second-order valence-corrected chi connectivity index (χ2v) is 7.55. The van der Waals surface area contributed by atoms with Gasteiger partial charge in [-0.2, -0.15) is 8.42 Å². The minimum Gasteiger partial charge on any atom is -0.472 e. The maximum Gasteiger partial charge on any atom is 0.303 e. The summed E-state index contributed by atoms with van der Waals surface area (Å²) in [7, 11) is -4.19. The molecule has 1 unspecified atom stereocenters. The highest BCUT2D eigenvalue weighted by Crippen LogP contribution is 2.18. The van der Waals surface area contributed by atoms with Crippen molar-refractivity contribution in [3.05, 3.63) is 30.3 Å². The molecule has 1 aromatic rings. The molecule has 1 atom stereocenters. The summed E-state index contributed by atoms with van der Waals surface area (Å²) in [4.78, 5) is 0. The van der Waals surface area contributed by atoms with E-state index in [4.69, 9.17) is 4.74 Å². The molecular formula is C18H30O4S. The summed E-state index contributed by atoms with van der Waals surface area (Å²) >= 11 is 0. The Morgan fingerprint density at radius 3 is 1.96 bits per heavy atom. The van der Waals surface area contributed by atoms with Crippen LogP contribution in [0.3, 0.4) is 0 Å². The van der Waals surface area contributed by atoms with Crippen LogP contribution in [0.5, 0.6) is 5.75 Å². The molecule has 23 heavy (non-hydrogen) atoms. The summed E-state index contributed by atoms with van der Waals surface area (Å²) in [6.07, 6.45) is 10.8. The number of benzene rings is 1. The zero-order chi connectivity index (χ0) is 17.0. The van der Waals surface area contributed by atoms with E-state index in [1.165, 1.54) is 38.5 Å². The third-order valence-electron chi connectivity index (χ3n) is 3.89. The van der Waals surface area contributed by atoms with Gasteiger partial charge in [0.15, 0.2) is 0 Å². The minimum absolute atomic E-state index is 0.323. The lowest BCUT2D eigenvalue weighted by atomic mass is 10.1. The fraction of sp³-hybridized carbons (Fsp3) is 0.667. The van der Waals surface area contributed by atoms with Gasteiger partial charge < -0.3 is 4.74 Å². The first-order valence-electron chi connectivity index (χ1n) is 8.72. The van der Waals surface area contributed by atoms with Gasteiger partial charge in [-0.15, -0.1) is 0 Å². The Morgan fingerprint density at radius 1 is 0.913 bits per heavy atom. The summed E-state index contributed by atoms with van der Waals surface area (Å²) in [6, 6.07) is 8.75. The summed E-state index contributed by atoms with van der Waals surface area (Å²) in [6.45, 7) is 2.21. The predicted octanol–water partition coefficient (Wildman–Crippen LogP) is 5.20. The minimum atomic E-state index is -4.19. The smallest absolute Gasteiger partial charge is 0.303 e. The largest absolute Gasteiger partial charge is 0.472 e. The summed E-state index contributed by atoms with van der Waals surface area (Å²) < 4.78 is 37.6. The van der Waals surface area contributed by atoms with Crippen LogP contribution in [0.15, 0.2) is 30.3 Å². The van der Waals surface area contributed by atoms with Gasteiger partial charge in [0.2, 0.25) is 5.44 Å². The molecule has 4 nitrogen and oxygen atoms in total. The van der Waals surface area contributed by atoms with Crippen LogP contribution < -0.4 is 4.74 Å². The average Bonchev–Trinajstić information content (AvgIpc) is 2.52. The van der Waals surface area contributed by atoms with Crippen LogP contribution in [0.25, 0.3) is 0 Å². The van der Waals surface area contributed by atoms with Gasteiger partial charge in [0.1, 0.15) is 5.75 Å². The third-order valence-corrected chi connectivity index (χ3v) is 4.88. The Kier molecular flexibility index (Phi) is 9.96. The van der Waals surface area contributed by atoms with E-state index in [9.17, 15) is 13.0 Å². The number of unbranched alkanes of at least 4 members (excludes halogenated alkanes) is 8. The van der Waals surface area contributed by atoms with Gasteiger partial charge in [-0.05, 0) is 18.6 Å². The molecule has 0 aromatic heterocycles. The lowest BCUT2D eigenvalue weighted by Crippen LogP contribution is -2.26. The van der Waals surface area contributed by atoms with E-state index < -0.39 is 15.6 Å². The van der Waals surface area contributed by atoms with Crippen molar-refractivity contribution in [1.29, 1.82) is 0 Å². The van der Waals surface area contributed by atoms with E-state index >= 15 is 0 Å². The van der Waals surface area contributed by atoms with Crippen molar-refractivity contribution in [3.8, 4) is 5.75 Å². The van der Waals surface area contributed by atoms with Gasteiger partial charge >= 0.3 is 10.1 Å². The standard InChI is InChI=1S/C18H30O4S/c1-2-3-4-5-6-7-8-9-13-16-18(23(19,20)21)22-17-14-11-10-12-15-17/h10-12,14-15,18H,2-9,13,16H2,1H3,(H,19,20,21). The average molecular weight is 343 g/mol. The molecule has 0 aliphatic carbocycles. The Balaban J connectivity index is 2.23. The quantitative estimate of drug-likeness (QED) is 0.395. The van der Waals surface area contributed by atoms with Crippen LogP contribution in [0.4, 0.5) is 0 Å². The highest BCUT2D eigenvalue weighted by molar-refractivity contribution is 7.86. The topological polar surface area (TPSA) is 63.6 Å². The molecule has 0 amide bonds. The second-order valence-electron chi connectivity index (χ2n) is 5.99. The van der Waals surface area contributed by atoms with Crippen molar-refractivity contribution >= 4 is 10.1 Å². The van der Waals surface area contributed by atoms with E-state index in [0.717, 1.165) is 19.3 Å². The van der Waals surface area contributed by atoms with Crippen LogP contribution >= 0.6 is 0 Å². The molecule has 0 saturated heterocycles. The van der Waals surface area contributed by atoms with Crippen molar-refractivity contribution in [2.24, 2.45) is 0 Å². The summed E-state index contributed by atoms with van der Waals surface area (Å²) in [5.74, 6) is 0.464. The third kappa shape index (κ3) is 9.61. The molecule has 0 saturated carbocycles. The van der Waals surface area contributed by atoms with Gasteiger partial charge in [-0.3, -0.25) is 4.55 Å². The maximum atomic E-state index is 11.4. The first-order valence-corrected chi connectivity index (χ1v) is 10.2. The summed E-state index contributed by atoms with van der Waals surface area (Å²) in [5, 5.41) is 0. The number of rotatable bonds is 13. The van der Waals surface area contributed by atoms with Crippen LogP contribution in [0, 0.1) is 0 Å². The Bertz CT molecular complexity index is 499. The molecule has 1 aromatic carbocycles. The molecule has 0 spiro atoms. The number of ether oxygens (including phenoxy) is 1. The molecule has 1 N–H and O–H groups in total. The first-order chi connectivity index (χ1) is 11.0. The monoisotopic (exact) mass is 342 g/mol. The Morgan fingerprint density at radius 2 is 1.43 bits per heavy atom. The normalized spacial score (nSPS) is 13.0. The van der Waals surface area contributed by atoms with Crippen LogP contribution in [-0.2, 0) is 10.1 Å². The van der Waals surface area contributed by atoms with E-state index in [0.29, 0.717) is 12.2 Å². The van der Waals surface area contributed by atoms with Crippen molar-refractivity contribution in [1.82, 2.24) is 0 Å². The SMILES string of the molecule is CCCCCCCCCCCC(Oc1ccccc1)S(=O)(=O)O. The Labute approximate surface area is 141 Å². The molecule has 1 rings (SSSR count). The van der Waals surface area contributed by atoms with Gasteiger partial charge in [-0.1, -0.05) is 76.5 Å². The van der Waals surface area contributed by atoms with E-state index in [1.54, 1.807) is 24.3 Å². The van der Waals surface area contributed by atoms with Crippen LogP contribution in [0.2, 0.25) is 0 Å². The van der Waals surface area contributed by atoms with Crippen LogP contribution in [-0.4, -0.2) is 18.4 Å². The summed E-state index contributed by atoms with van der Waals surface area (Å²) in [5.41, 5.74) is -1.17. The molecule has 5 heteroatoms. The van der Waals surface area contributed by atoms with Crippen molar-refractivity contribution in [2.75, 3.05) is 0 Å². The fourth-order valence-electron chi connectivity index (χ4n) is 2.54. The molecule has 0 aliphatic heterocycles. The van der Waals surface area contributed by atoms with Gasteiger partial charge in [0.25, 0.3) is 0 Å². The predicted molar refractivity (Wildman–Crippen MR) is 94.3 cm³/mol. The molecule has 132 valence electrons. The van der Waals surface area contributed by atoms with Crippen molar-refractivity contribution in [2.45, 2.75) is 76.6 Å². The molecule has 0 heterocycles. The van der Waals surface area contributed by atoms with Gasteiger partial charge in [0.05, 0.1) is 0 Å². The Hall–Kier alpha value is -1.07. The highest BCUT2D eigenvalue weighted by atomic mass is 32.2. The molecule has 0 bridgehead atoms. The molecular weight excluding hydrogens is 312 g/mol. The lowest BCUT2D eigenvalue weighted by Gasteiger charge is -2.16. The van der Waals surface area contributed by atoms with E-state index in [-0.39, 0.29) is 0 Å². The zero-order valence-electron chi connectivity index (χ0n) is 14.1.